The molecule has 244 valence electrons. The summed E-state index contributed by atoms with van der Waals surface area (Å²) in [5.41, 5.74) is -3.02. The fourth-order valence-corrected chi connectivity index (χ4v) is 7.06. The highest BCUT2D eigenvalue weighted by Gasteiger charge is 2.46. The standard InChI is InChI=1S/C32H40N2O11/c1-4-22(33-39)32(38)14-17-25(21(15-32)45-24-12-11-19(16(2)43-24)44-23-10-5-6-13-42-23)30(36)27-28(29(17)35)34(40)18-8-7-9-20(41-3)26(18)31(27)37/h7-9,16,19,21,23-24,35-36,38-40H,4-6,10-15H2,1-3H3/p-1/b33-22-/t16?,19-,21-,23+,24-,32-/m0/s1. The lowest BCUT2D eigenvalue weighted by atomic mass is 9.74. The highest BCUT2D eigenvalue weighted by molar-refractivity contribution is 6.03. The molecule has 4 N–H and O–H groups in total. The summed E-state index contributed by atoms with van der Waals surface area (Å²) in [6.07, 6.45) is 0.631. The third kappa shape index (κ3) is 5.36. The predicted octanol–water partition coefficient (Wildman–Crippen LogP) is 3.59. The quantitative estimate of drug-likeness (QED) is 0.0987. The van der Waals surface area contributed by atoms with Gasteiger partial charge in [0.05, 0.1) is 52.9 Å². The van der Waals surface area contributed by atoms with E-state index in [0.29, 0.717) is 24.2 Å². The number of aliphatic hydroxyl groups is 1. The van der Waals surface area contributed by atoms with Crippen molar-refractivity contribution in [2.24, 2.45) is 5.16 Å². The first-order valence-electron chi connectivity index (χ1n) is 15.4. The van der Waals surface area contributed by atoms with Gasteiger partial charge in [0.2, 0.25) is 5.43 Å². The summed E-state index contributed by atoms with van der Waals surface area (Å²) >= 11 is 0. The molecule has 2 saturated heterocycles. The van der Waals surface area contributed by atoms with E-state index in [9.17, 15) is 30.5 Å². The molecule has 0 radical (unpaired) electrons. The molecule has 6 atom stereocenters. The smallest absolute Gasteiger partial charge is 0.204 e. The van der Waals surface area contributed by atoms with Gasteiger partial charge in [0, 0.05) is 31.4 Å². The van der Waals surface area contributed by atoms with E-state index in [2.05, 4.69) is 5.16 Å². The molecule has 3 aromatic rings. The number of aromatic hydroxyl groups is 1. The lowest BCUT2D eigenvalue weighted by Gasteiger charge is -2.43. The first-order chi connectivity index (χ1) is 21.6. The Bertz CT molecular complexity index is 1680. The van der Waals surface area contributed by atoms with Crippen molar-refractivity contribution >= 4 is 27.5 Å². The van der Waals surface area contributed by atoms with Crippen LogP contribution in [0.5, 0.6) is 17.2 Å². The summed E-state index contributed by atoms with van der Waals surface area (Å²) in [6, 6.07) is 4.54. The summed E-state index contributed by atoms with van der Waals surface area (Å²) in [5, 5.41) is 61.5. The number of ether oxygens (including phenoxy) is 5. The molecule has 6 rings (SSSR count). The highest BCUT2D eigenvalue weighted by atomic mass is 16.7. The Kier molecular flexibility index (Phi) is 8.57. The molecule has 1 aromatic heterocycles. The van der Waals surface area contributed by atoms with Crippen LogP contribution in [0, 0.1) is 0 Å². The van der Waals surface area contributed by atoms with Crippen LogP contribution >= 0.6 is 0 Å². The maximum absolute atomic E-state index is 14.1. The summed E-state index contributed by atoms with van der Waals surface area (Å²) < 4.78 is 30.4. The lowest BCUT2D eigenvalue weighted by Crippen LogP contribution is -2.47. The van der Waals surface area contributed by atoms with E-state index in [-0.39, 0.29) is 71.3 Å². The van der Waals surface area contributed by atoms with Crippen LogP contribution in [0.25, 0.3) is 21.8 Å². The van der Waals surface area contributed by atoms with E-state index in [1.165, 1.54) is 19.2 Å². The minimum atomic E-state index is -1.83. The van der Waals surface area contributed by atoms with Gasteiger partial charge in [-0.25, -0.2) is 0 Å². The van der Waals surface area contributed by atoms with Gasteiger partial charge in [0.1, 0.15) is 17.1 Å². The molecule has 2 fully saturated rings. The van der Waals surface area contributed by atoms with Crippen molar-refractivity contribution in [2.45, 2.75) is 102 Å². The van der Waals surface area contributed by atoms with Gasteiger partial charge < -0.3 is 49.4 Å². The zero-order valence-electron chi connectivity index (χ0n) is 25.5. The Hall–Kier alpha value is -3.62. The van der Waals surface area contributed by atoms with Gasteiger partial charge in [-0.2, -0.15) is 4.73 Å². The number of aromatic nitrogens is 1. The van der Waals surface area contributed by atoms with Gasteiger partial charge in [-0.05, 0) is 56.7 Å². The van der Waals surface area contributed by atoms with Crippen molar-refractivity contribution < 1.29 is 49.4 Å². The molecule has 2 aliphatic heterocycles. The third-order valence-corrected chi connectivity index (χ3v) is 9.33. The van der Waals surface area contributed by atoms with E-state index in [1.54, 1.807) is 13.0 Å². The van der Waals surface area contributed by atoms with Gasteiger partial charge in [-0.3, -0.25) is 4.79 Å². The fourth-order valence-electron chi connectivity index (χ4n) is 7.06. The fraction of sp³-hybridized carbons (Fsp3) is 0.562. The van der Waals surface area contributed by atoms with Crippen molar-refractivity contribution in [3.05, 3.63) is 39.5 Å². The number of nitrogens with zero attached hydrogens (tertiary/aromatic N) is 2. The number of fused-ring (bicyclic) bond motifs is 3. The van der Waals surface area contributed by atoms with Gasteiger partial charge in [0.25, 0.3) is 0 Å². The number of phenols is 1. The molecule has 0 amide bonds. The number of phenolic OH excluding ortho intramolecular Hbond substituents is 1. The van der Waals surface area contributed by atoms with Crippen molar-refractivity contribution in [3.63, 3.8) is 0 Å². The number of methoxy groups -OCH3 is 1. The van der Waals surface area contributed by atoms with E-state index < -0.39 is 45.8 Å². The average molecular weight is 628 g/mol. The largest absolute Gasteiger partial charge is 0.871 e. The van der Waals surface area contributed by atoms with E-state index in [4.69, 9.17) is 23.7 Å². The van der Waals surface area contributed by atoms with Crippen molar-refractivity contribution in [3.8, 4) is 17.2 Å². The Morgan fingerprint density at radius 3 is 2.64 bits per heavy atom. The molecule has 0 bridgehead atoms. The van der Waals surface area contributed by atoms with Crippen molar-refractivity contribution in [1.82, 2.24) is 4.73 Å². The Balaban J connectivity index is 1.43. The van der Waals surface area contributed by atoms with Crippen LogP contribution in [0.15, 0.2) is 28.1 Å². The Labute approximate surface area is 259 Å². The molecule has 0 spiro atoms. The highest BCUT2D eigenvalue weighted by Crippen LogP contribution is 2.50. The average Bonchev–Trinajstić information content (AvgIpc) is 3.03. The second kappa shape index (κ2) is 12.3. The molecule has 3 aliphatic rings. The van der Waals surface area contributed by atoms with Crippen LogP contribution in [-0.4, -0.2) is 75.2 Å². The van der Waals surface area contributed by atoms with Crippen LogP contribution in [0.4, 0.5) is 0 Å². The molecule has 13 nitrogen and oxygen atoms in total. The second-order valence-corrected chi connectivity index (χ2v) is 12.0. The van der Waals surface area contributed by atoms with Crippen LogP contribution in [0.1, 0.15) is 76.0 Å². The van der Waals surface area contributed by atoms with E-state index >= 15 is 0 Å². The minimum absolute atomic E-state index is 0.00771. The van der Waals surface area contributed by atoms with Crippen LogP contribution in [-0.2, 0) is 25.4 Å². The van der Waals surface area contributed by atoms with Gasteiger partial charge >= 0.3 is 0 Å². The number of rotatable bonds is 7. The normalized spacial score (nSPS) is 29.2. The second-order valence-electron chi connectivity index (χ2n) is 12.0. The van der Waals surface area contributed by atoms with Crippen LogP contribution < -0.4 is 15.3 Å². The lowest BCUT2D eigenvalue weighted by molar-refractivity contribution is -0.278. The van der Waals surface area contributed by atoms with Crippen molar-refractivity contribution in [2.75, 3.05) is 13.7 Å². The number of benzene rings is 2. The number of hydrogen-bond acceptors (Lipinski definition) is 12. The molecule has 3 heterocycles. The summed E-state index contributed by atoms with van der Waals surface area (Å²) in [5.74, 6) is -1.17. The predicted molar refractivity (Wildman–Crippen MR) is 159 cm³/mol. The molecule has 45 heavy (non-hydrogen) atoms. The monoisotopic (exact) mass is 627 g/mol. The number of hydrogen-bond donors (Lipinski definition) is 4. The van der Waals surface area contributed by atoms with E-state index in [1.807, 2.05) is 6.92 Å². The van der Waals surface area contributed by atoms with Gasteiger partial charge in [0.15, 0.2) is 12.6 Å². The maximum Gasteiger partial charge on any atom is 0.204 e. The zero-order valence-corrected chi connectivity index (χ0v) is 25.5. The number of pyridine rings is 1. The molecular formula is C32H39N2O11-. The Morgan fingerprint density at radius 1 is 1.18 bits per heavy atom. The van der Waals surface area contributed by atoms with Crippen LogP contribution in [0.2, 0.25) is 0 Å². The molecular weight excluding hydrogens is 588 g/mol. The van der Waals surface area contributed by atoms with Crippen molar-refractivity contribution in [1.29, 1.82) is 0 Å². The first kappa shape index (κ1) is 31.4. The SMILES string of the molecule is CC/C(=N/O)[C@]1(O)Cc2c(c(O)c3c(=O)c4c(OC)cccc4n(O)c3c2[O-])[C@@H](O[C@H]2CC[C@H](O[C@@H]3CCCCO3)C(C)O2)C1. The minimum Gasteiger partial charge on any atom is -0.871 e. The molecule has 13 heteroatoms. The van der Waals surface area contributed by atoms with E-state index in [0.717, 1.165) is 19.3 Å². The Morgan fingerprint density at radius 2 is 1.98 bits per heavy atom. The van der Waals surface area contributed by atoms with Crippen LogP contribution in [0.3, 0.4) is 0 Å². The molecule has 0 saturated carbocycles. The summed E-state index contributed by atoms with van der Waals surface area (Å²) in [7, 11) is 1.37. The zero-order chi connectivity index (χ0) is 32.0. The third-order valence-electron chi connectivity index (χ3n) is 9.33. The summed E-state index contributed by atoms with van der Waals surface area (Å²) in [6.45, 7) is 4.22. The molecule has 2 aromatic carbocycles. The van der Waals surface area contributed by atoms with Gasteiger partial charge in [-0.1, -0.05) is 23.9 Å². The maximum atomic E-state index is 14.1. The van der Waals surface area contributed by atoms with Gasteiger partial charge in [-0.15, -0.1) is 0 Å². The molecule has 1 unspecified atom stereocenters. The first-order valence-corrected chi connectivity index (χ1v) is 15.4. The summed E-state index contributed by atoms with van der Waals surface area (Å²) in [4.78, 5) is 13.9. The molecule has 1 aliphatic carbocycles. The number of oxime groups is 1. The topological polar surface area (TPSA) is 184 Å².